The number of aromatic nitrogens is 2. The second kappa shape index (κ2) is 8.03. The van der Waals surface area contributed by atoms with Gasteiger partial charge in [-0.2, -0.15) is 4.98 Å². The van der Waals surface area contributed by atoms with Crippen LogP contribution in [0, 0.1) is 12.8 Å². The molecule has 1 aromatic rings. The molecule has 18 heavy (non-hydrogen) atoms. The maximum absolute atomic E-state index is 5.77. The summed E-state index contributed by atoms with van der Waals surface area (Å²) < 4.78 is 5.77. The molecule has 0 saturated heterocycles. The van der Waals surface area contributed by atoms with Crippen LogP contribution in [0.3, 0.4) is 0 Å². The second-order valence-electron chi connectivity index (χ2n) is 4.91. The summed E-state index contributed by atoms with van der Waals surface area (Å²) in [5.74, 6) is 2.21. The number of nitrogens with zero attached hydrogens (tertiary/aromatic N) is 2. The van der Waals surface area contributed by atoms with Crippen LogP contribution < -0.4 is 10.1 Å². The molecule has 0 saturated carbocycles. The fourth-order valence-corrected chi connectivity index (χ4v) is 1.64. The van der Waals surface area contributed by atoms with E-state index in [0.717, 1.165) is 49.3 Å². The lowest BCUT2D eigenvalue weighted by atomic mass is 10.1. The van der Waals surface area contributed by atoms with Gasteiger partial charge in [-0.05, 0) is 32.2 Å². The van der Waals surface area contributed by atoms with Gasteiger partial charge in [0.2, 0.25) is 5.88 Å². The van der Waals surface area contributed by atoms with Crippen LogP contribution in [0.5, 0.6) is 5.88 Å². The van der Waals surface area contributed by atoms with Crippen LogP contribution in [0.2, 0.25) is 0 Å². The van der Waals surface area contributed by atoms with Gasteiger partial charge in [0, 0.05) is 18.3 Å². The number of aryl methyl sites for hydroxylation is 1. The third-order valence-electron chi connectivity index (χ3n) is 2.68. The van der Waals surface area contributed by atoms with E-state index < -0.39 is 0 Å². The third kappa shape index (κ3) is 5.45. The molecule has 0 atom stereocenters. The minimum absolute atomic E-state index is 0.724. The first-order valence-corrected chi connectivity index (χ1v) is 6.79. The van der Waals surface area contributed by atoms with E-state index in [-0.39, 0.29) is 0 Å². The molecule has 0 aromatic carbocycles. The van der Waals surface area contributed by atoms with Gasteiger partial charge in [-0.25, -0.2) is 4.98 Å². The van der Waals surface area contributed by atoms with Gasteiger partial charge in [0.15, 0.2) is 0 Å². The maximum Gasteiger partial charge on any atom is 0.221 e. The van der Waals surface area contributed by atoms with E-state index in [0.29, 0.717) is 0 Å². The van der Waals surface area contributed by atoms with Crippen molar-refractivity contribution >= 4 is 0 Å². The van der Waals surface area contributed by atoms with Gasteiger partial charge >= 0.3 is 0 Å². The van der Waals surface area contributed by atoms with Crippen LogP contribution in [0.4, 0.5) is 0 Å². The Bertz CT molecular complexity index is 353. The lowest BCUT2D eigenvalue weighted by molar-refractivity contribution is 0.282. The summed E-state index contributed by atoms with van der Waals surface area (Å²) in [7, 11) is 0. The molecule has 0 amide bonds. The molecule has 0 bridgehead atoms. The smallest absolute Gasteiger partial charge is 0.221 e. The molecule has 4 heteroatoms. The molecule has 0 aliphatic heterocycles. The van der Waals surface area contributed by atoms with Crippen molar-refractivity contribution in [1.82, 2.24) is 15.3 Å². The topological polar surface area (TPSA) is 47.0 Å². The SMILES string of the molecule is CCNCc1cnc(C)nc1OCCCC(C)C. The highest BCUT2D eigenvalue weighted by Crippen LogP contribution is 2.15. The fourth-order valence-electron chi connectivity index (χ4n) is 1.64. The standard InChI is InChI=1S/C14H25N3O/c1-5-15-9-13-10-16-12(4)17-14(13)18-8-6-7-11(2)3/h10-11,15H,5-9H2,1-4H3. The molecular weight excluding hydrogens is 226 g/mol. The van der Waals surface area contributed by atoms with Crippen LogP contribution in [-0.4, -0.2) is 23.1 Å². The quantitative estimate of drug-likeness (QED) is 0.722. The highest BCUT2D eigenvalue weighted by molar-refractivity contribution is 5.23. The first-order chi connectivity index (χ1) is 8.63. The van der Waals surface area contributed by atoms with Crippen molar-refractivity contribution in [3.63, 3.8) is 0 Å². The molecule has 1 rings (SSSR count). The lowest BCUT2D eigenvalue weighted by Crippen LogP contribution is -2.14. The van der Waals surface area contributed by atoms with Crippen LogP contribution in [0.1, 0.15) is 45.0 Å². The van der Waals surface area contributed by atoms with E-state index >= 15 is 0 Å². The Morgan fingerprint density at radius 2 is 2.17 bits per heavy atom. The van der Waals surface area contributed by atoms with Gasteiger partial charge in [-0.3, -0.25) is 0 Å². The maximum atomic E-state index is 5.77. The van der Waals surface area contributed by atoms with Crippen molar-refractivity contribution in [1.29, 1.82) is 0 Å². The Morgan fingerprint density at radius 1 is 1.39 bits per heavy atom. The molecule has 1 aromatic heterocycles. The average Bonchev–Trinajstić information content (AvgIpc) is 2.33. The molecule has 0 aliphatic rings. The summed E-state index contributed by atoms with van der Waals surface area (Å²) >= 11 is 0. The molecular formula is C14H25N3O. The van der Waals surface area contributed by atoms with Gasteiger partial charge in [0.05, 0.1) is 6.61 Å². The molecule has 102 valence electrons. The first kappa shape index (κ1) is 14.9. The monoisotopic (exact) mass is 251 g/mol. The van der Waals surface area contributed by atoms with Crippen LogP contribution in [0.15, 0.2) is 6.20 Å². The molecule has 0 radical (unpaired) electrons. The van der Waals surface area contributed by atoms with E-state index in [1.165, 1.54) is 6.42 Å². The highest BCUT2D eigenvalue weighted by Gasteiger charge is 2.06. The minimum atomic E-state index is 0.724. The Morgan fingerprint density at radius 3 is 2.83 bits per heavy atom. The van der Waals surface area contributed by atoms with Gasteiger partial charge in [-0.15, -0.1) is 0 Å². The molecule has 0 unspecified atom stereocenters. The predicted octanol–water partition coefficient (Wildman–Crippen LogP) is 2.71. The Balaban J connectivity index is 2.52. The third-order valence-corrected chi connectivity index (χ3v) is 2.68. The van der Waals surface area contributed by atoms with E-state index in [4.69, 9.17) is 4.74 Å². The number of ether oxygens (including phenoxy) is 1. The number of hydrogen-bond acceptors (Lipinski definition) is 4. The van der Waals surface area contributed by atoms with Gasteiger partial charge in [0.25, 0.3) is 0 Å². The first-order valence-electron chi connectivity index (χ1n) is 6.79. The second-order valence-corrected chi connectivity index (χ2v) is 4.91. The molecule has 0 spiro atoms. The Hall–Kier alpha value is -1.16. The zero-order valence-corrected chi connectivity index (χ0v) is 12.0. The van der Waals surface area contributed by atoms with E-state index in [1.54, 1.807) is 0 Å². The zero-order chi connectivity index (χ0) is 13.4. The van der Waals surface area contributed by atoms with Gasteiger partial charge in [0.1, 0.15) is 5.82 Å². The zero-order valence-electron chi connectivity index (χ0n) is 12.0. The van der Waals surface area contributed by atoms with Crippen molar-refractivity contribution in [2.24, 2.45) is 5.92 Å². The largest absolute Gasteiger partial charge is 0.477 e. The van der Waals surface area contributed by atoms with Crippen molar-refractivity contribution in [3.05, 3.63) is 17.6 Å². The van der Waals surface area contributed by atoms with Crippen LogP contribution in [0.25, 0.3) is 0 Å². The van der Waals surface area contributed by atoms with Gasteiger partial charge in [-0.1, -0.05) is 20.8 Å². The van der Waals surface area contributed by atoms with Gasteiger partial charge < -0.3 is 10.1 Å². The molecule has 0 aliphatic carbocycles. The molecule has 1 N–H and O–H groups in total. The summed E-state index contributed by atoms with van der Waals surface area (Å²) in [6.45, 7) is 10.8. The lowest BCUT2D eigenvalue weighted by Gasteiger charge is -2.11. The summed E-state index contributed by atoms with van der Waals surface area (Å²) in [6, 6.07) is 0. The fraction of sp³-hybridized carbons (Fsp3) is 0.714. The average molecular weight is 251 g/mol. The molecule has 4 nitrogen and oxygen atoms in total. The highest BCUT2D eigenvalue weighted by atomic mass is 16.5. The molecule has 1 heterocycles. The van der Waals surface area contributed by atoms with Crippen molar-refractivity contribution in [2.75, 3.05) is 13.2 Å². The van der Waals surface area contributed by atoms with Crippen molar-refractivity contribution in [3.8, 4) is 5.88 Å². The van der Waals surface area contributed by atoms with E-state index in [1.807, 2.05) is 13.1 Å². The van der Waals surface area contributed by atoms with Crippen LogP contribution in [-0.2, 0) is 6.54 Å². The Kier molecular flexibility index (Phi) is 6.65. The van der Waals surface area contributed by atoms with E-state index in [2.05, 4.69) is 36.1 Å². The number of rotatable bonds is 8. The summed E-state index contributed by atoms with van der Waals surface area (Å²) in [4.78, 5) is 8.59. The summed E-state index contributed by atoms with van der Waals surface area (Å²) in [6.07, 6.45) is 4.11. The van der Waals surface area contributed by atoms with Crippen LogP contribution >= 0.6 is 0 Å². The predicted molar refractivity (Wildman–Crippen MR) is 73.7 cm³/mol. The summed E-state index contributed by atoms with van der Waals surface area (Å²) in [5.41, 5.74) is 1.03. The molecule has 0 fully saturated rings. The Labute approximate surface area is 110 Å². The number of hydrogen-bond donors (Lipinski definition) is 1. The van der Waals surface area contributed by atoms with Crippen molar-refractivity contribution < 1.29 is 4.74 Å². The van der Waals surface area contributed by atoms with E-state index in [9.17, 15) is 0 Å². The normalized spacial score (nSPS) is 10.9. The van der Waals surface area contributed by atoms with Crippen molar-refractivity contribution in [2.45, 2.75) is 47.1 Å². The number of nitrogens with one attached hydrogen (secondary N) is 1. The summed E-state index contributed by atoms with van der Waals surface area (Å²) in [5, 5.41) is 3.27. The minimum Gasteiger partial charge on any atom is -0.477 e.